The molecule has 3 aromatic rings. The van der Waals surface area contributed by atoms with Crippen LogP contribution in [0.15, 0.2) is 63.8 Å². The molecule has 6 heteroatoms. The zero-order valence-corrected chi connectivity index (χ0v) is 16.0. The number of para-hydroxylation sites is 1. The lowest BCUT2D eigenvalue weighted by atomic mass is 10.0. The molecule has 0 atom stereocenters. The Morgan fingerprint density at radius 2 is 1.71 bits per heavy atom. The molecule has 0 bridgehead atoms. The summed E-state index contributed by atoms with van der Waals surface area (Å²) in [5, 5.41) is 0. The lowest BCUT2D eigenvalue weighted by molar-refractivity contribution is -0.135. The summed E-state index contributed by atoms with van der Waals surface area (Å²) in [6.45, 7) is 4.66. The number of hydrogen-bond acceptors (Lipinski definition) is 5. The van der Waals surface area contributed by atoms with E-state index in [1.807, 2.05) is 44.2 Å². The highest BCUT2D eigenvalue weighted by Crippen LogP contribution is 2.41. The first-order valence-electron chi connectivity index (χ1n) is 9.26. The number of carbonyl (C=O) groups is 1. The first kappa shape index (κ1) is 18.2. The maximum Gasteiger partial charge on any atom is 0.261 e. The molecule has 0 radical (unpaired) electrons. The Morgan fingerprint density at radius 1 is 1.04 bits per heavy atom. The van der Waals surface area contributed by atoms with Crippen LogP contribution in [0.25, 0.3) is 0 Å². The van der Waals surface area contributed by atoms with Crippen molar-refractivity contribution < 1.29 is 23.1 Å². The van der Waals surface area contributed by atoms with Gasteiger partial charge in [0.1, 0.15) is 17.1 Å². The predicted molar refractivity (Wildman–Crippen MR) is 102 cm³/mol. The Hall–Kier alpha value is -3.15. The smallest absolute Gasteiger partial charge is 0.261 e. The van der Waals surface area contributed by atoms with E-state index in [-0.39, 0.29) is 18.1 Å². The predicted octanol–water partition coefficient (Wildman–Crippen LogP) is 4.19. The average molecular weight is 381 g/mol. The Kier molecular flexibility index (Phi) is 4.86. The van der Waals surface area contributed by atoms with Gasteiger partial charge in [0.25, 0.3) is 5.91 Å². The van der Waals surface area contributed by atoms with Crippen LogP contribution in [0.4, 0.5) is 0 Å². The van der Waals surface area contributed by atoms with Gasteiger partial charge in [-0.25, -0.2) is 0 Å². The van der Waals surface area contributed by atoms with Crippen molar-refractivity contribution in [2.45, 2.75) is 39.0 Å². The standard InChI is InChI=1S/C22H23NO5/c1-22(2)12-16-6-3-9-19(21(16)28-22)27-15-20(24)23(13-17-7-4-10-25-17)14-18-8-5-11-26-18/h3-11H,12-15H2,1-2H3. The molecule has 0 saturated heterocycles. The highest BCUT2D eigenvalue weighted by molar-refractivity contribution is 5.77. The number of benzene rings is 1. The summed E-state index contributed by atoms with van der Waals surface area (Å²) in [6, 6.07) is 13.1. The van der Waals surface area contributed by atoms with E-state index in [1.165, 1.54) is 0 Å². The van der Waals surface area contributed by atoms with Crippen molar-refractivity contribution in [2.75, 3.05) is 6.61 Å². The number of furan rings is 2. The minimum absolute atomic E-state index is 0.0956. The second kappa shape index (κ2) is 7.46. The Bertz CT molecular complexity index is 892. The Labute approximate surface area is 163 Å². The maximum atomic E-state index is 12.9. The van der Waals surface area contributed by atoms with E-state index in [0.29, 0.717) is 30.4 Å². The second-order valence-corrected chi connectivity index (χ2v) is 7.48. The van der Waals surface area contributed by atoms with Crippen LogP contribution in [0.5, 0.6) is 11.5 Å². The molecule has 1 aliphatic rings. The molecule has 146 valence electrons. The van der Waals surface area contributed by atoms with Gasteiger partial charge in [-0.05, 0) is 44.2 Å². The van der Waals surface area contributed by atoms with E-state index in [9.17, 15) is 4.79 Å². The lowest BCUT2D eigenvalue weighted by Gasteiger charge is -2.21. The van der Waals surface area contributed by atoms with Crippen LogP contribution in [0.3, 0.4) is 0 Å². The molecule has 2 aromatic heterocycles. The van der Waals surface area contributed by atoms with Gasteiger partial charge in [0.05, 0.1) is 25.6 Å². The van der Waals surface area contributed by atoms with E-state index in [4.69, 9.17) is 18.3 Å². The SMILES string of the molecule is CC1(C)Cc2cccc(OCC(=O)N(Cc3ccco3)Cc3ccco3)c2O1. The number of nitrogens with zero attached hydrogens (tertiary/aromatic N) is 1. The summed E-state index contributed by atoms with van der Waals surface area (Å²) in [4.78, 5) is 14.5. The lowest BCUT2D eigenvalue weighted by Crippen LogP contribution is -2.34. The van der Waals surface area contributed by atoms with Gasteiger partial charge in [-0.1, -0.05) is 12.1 Å². The van der Waals surface area contributed by atoms with Crippen LogP contribution in [0.1, 0.15) is 30.9 Å². The van der Waals surface area contributed by atoms with Crippen LogP contribution < -0.4 is 9.47 Å². The third-order valence-electron chi connectivity index (χ3n) is 4.61. The molecule has 3 heterocycles. The van der Waals surface area contributed by atoms with Gasteiger partial charge < -0.3 is 23.2 Å². The highest BCUT2D eigenvalue weighted by atomic mass is 16.5. The number of rotatable bonds is 7. The zero-order valence-electron chi connectivity index (χ0n) is 16.0. The molecule has 0 fully saturated rings. The minimum atomic E-state index is -0.267. The molecule has 1 aliphatic heterocycles. The van der Waals surface area contributed by atoms with Gasteiger partial charge in [-0.2, -0.15) is 0 Å². The summed E-state index contributed by atoms with van der Waals surface area (Å²) in [5.74, 6) is 2.55. The molecule has 0 aliphatic carbocycles. The van der Waals surface area contributed by atoms with Crippen molar-refractivity contribution in [3.05, 3.63) is 72.1 Å². The molecule has 0 N–H and O–H groups in total. The minimum Gasteiger partial charge on any atom is -0.483 e. The van der Waals surface area contributed by atoms with E-state index in [2.05, 4.69) is 0 Å². The van der Waals surface area contributed by atoms with Crippen molar-refractivity contribution >= 4 is 5.91 Å². The van der Waals surface area contributed by atoms with Gasteiger partial charge in [-0.15, -0.1) is 0 Å². The van der Waals surface area contributed by atoms with Crippen LogP contribution in [0.2, 0.25) is 0 Å². The summed E-state index contributed by atoms with van der Waals surface area (Å²) in [5.41, 5.74) is 0.828. The number of carbonyl (C=O) groups excluding carboxylic acids is 1. The fourth-order valence-electron chi connectivity index (χ4n) is 3.35. The number of ether oxygens (including phenoxy) is 2. The third-order valence-corrected chi connectivity index (χ3v) is 4.61. The number of fused-ring (bicyclic) bond motifs is 1. The van der Waals surface area contributed by atoms with Crippen molar-refractivity contribution in [3.8, 4) is 11.5 Å². The largest absolute Gasteiger partial charge is 0.483 e. The first-order valence-corrected chi connectivity index (χ1v) is 9.26. The molecule has 4 rings (SSSR count). The second-order valence-electron chi connectivity index (χ2n) is 7.48. The molecule has 0 saturated carbocycles. The molecule has 6 nitrogen and oxygen atoms in total. The molecule has 1 aromatic carbocycles. The molecule has 0 spiro atoms. The van der Waals surface area contributed by atoms with E-state index >= 15 is 0 Å². The van der Waals surface area contributed by atoms with E-state index in [0.717, 1.165) is 17.7 Å². The van der Waals surface area contributed by atoms with Gasteiger partial charge in [-0.3, -0.25) is 4.79 Å². The number of amides is 1. The van der Waals surface area contributed by atoms with Gasteiger partial charge in [0.2, 0.25) is 0 Å². The molecule has 28 heavy (non-hydrogen) atoms. The van der Waals surface area contributed by atoms with Crippen molar-refractivity contribution in [3.63, 3.8) is 0 Å². The van der Waals surface area contributed by atoms with Gasteiger partial charge >= 0.3 is 0 Å². The fraction of sp³-hybridized carbons (Fsp3) is 0.318. The van der Waals surface area contributed by atoms with Crippen molar-refractivity contribution in [1.29, 1.82) is 0 Å². The van der Waals surface area contributed by atoms with Crippen LogP contribution >= 0.6 is 0 Å². The topological polar surface area (TPSA) is 65.0 Å². The summed E-state index contributed by atoms with van der Waals surface area (Å²) < 4.78 is 22.6. The van der Waals surface area contributed by atoms with Crippen LogP contribution in [-0.4, -0.2) is 23.0 Å². The Morgan fingerprint density at radius 3 is 2.32 bits per heavy atom. The van der Waals surface area contributed by atoms with E-state index < -0.39 is 0 Å². The molecule has 1 amide bonds. The summed E-state index contributed by atoms with van der Waals surface area (Å²) in [6.07, 6.45) is 4.00. The van der Waals surface area contributed by atoms with Crippen molar-refractivity contribution in [1.82, 2.24) is 4.90 Å². The highest BCUT2D eigenvalue weighted by Gasteiger charge is 2.32. The molecular formula is C22H23NO5. The number of hydrogen-bond donors (Lipinski definition) is 0. The zero-order chi connectivity index (χ0) is 19.6. The Balaban J connectivity index is 1.46. The van der Waals surface area contributed by atoms with Gasteiger partial charge in [0, 0.05) is 12.0 Å². The van der Waals surface area contributed by atoms with E-state index in [1.54, 1.807) is 29.6 Å². The van der Waals surface area contributed by atoms with Gasteiger partial charge in [0.15, 0.2) is 18.1 Å². The monoisotopic (exact) mass is 381 g/mol. The van der Waals surface area contributed by atoms with Crippen LogP contribution in [0, 0.1) is 0 Å². The molecule has 0 unspecified atom stereocenters. The maximum absolute atomic E-state index is 12.9. The van der Waals surface area contributed by atoms with Crippen molar-refractivity contribution in [2.24, 2.45) is 0 Å². The average Bonchev–Trinajstić information content (AvgIpc) is 3.39. The summed E-state index contributed by atoms with van der Waals surface area (Å²) >= 11 is 0. The molecular weight excluding hydrogens is 358 g/mol. The third kappa shape index (κ3) is 4.06. The fourth-order valence-corrected chi connectivity index (χ4v) is 3.35. The first-order chi connectivity index (χ1) is 13.5. The van der Waals surface area contributed by atoms with Crippen LogP contribution in [-0.2, 0) is 24.3 Å². The summed E-state index contributed by atoms with van der Waals surface area (Å²) in [7, 11) is 0. The normalized spacial score (nSPS) is 14.4. The quantitative estimate of drug-likeness (QED) is 0.614.